The summed E-state index contributed by atoms with van der Waals surface area (Å²) in [5.74, 6) is 0.461. The first-order valence-corrected chi connectivity index (χ1v) is 11.0. The van der Waals surface area contributed by atoms with Crippen molar-refractivity contribution in [2.45, 2.75) is 45.1 Å². The van der Waals surface area contributed by atoms with E-state index in [0.29, 0.717) is 43.2 Å². The van der Waals surface area contributed by atoms with Crippen LogP contribution in [0.2, 0.25) is 0 Å². The Morgan fingerprint density at radius 2 is 1.82 bits per heavy atom. The van der Waals surface area contributed by atoms with Gasteiger partial charge in [0.15, 0.2) is 0 Å². The lowest BCUT2D eigenvalue weighted by Gasteiger charge is -2.16. The molecule has 1 aliphatic heterocycles. The lowest BCUT2D eigenvalue weighted by molar-refractivity contribution is 0.0945. The molecule has 0 radical (unpaired) electrons. The van der Waals surface area contributed by atoms with Gasteiger partial charge < -0.3 is 15.0 Å². The van der Waals surface area contributed by atoms with Gasteiger partial charge in [0.1, 0.15) is 16.3 Å². The summed E-state index contributed by atoms with van der Waals surface area (Å²) in [6.07, 6.45) is 1.74. The Hall–Kier alpha value is -2.32. The summed E-state index contributed by atoms with van der Waals surface area (Å²) >= 11 is 0. The molecule has 1 saturated heterocycles. The first kappa shape index (κ1) is 20.4. The van der Waals surface area contributed by atoms with Crippen molar-refractivity contribution in [1.82, 2.24) is 14.6 Å². The molecule has 2 N–H and O–H groups in total. The van der Waals surface area contributed by atoms with Gasteiger partial charge >= 0.3 is 0 Å². The molecule has 1 amide bonds. The van der Waals surface area contributed by atoms with Gasteiger partial charge in [-0.1, -0.05) is 12.1 Å². The summed E-state index contributed by atoms with van der Waals surface area (Å²) in [4.78, 5) is 15.8. The zero-order chi connectivity index (χ0) is 20.3. The molecular formula is C20H27N3O4S. The topological polar surface area (TPSA) is 91.5 Å². The van der Waals surface area contributed by atoms with E-state index in [9.17, 15) is 13.2 Å². The Morgan fingerprint density at radius 1 is 1.18 bits per heavy atom. The molecule has 1 aromatic carbocycles. The normalized spacial score (nSPS) is 15.0. The number of aromatic nitrogens is 1. The van der Waals surface area contributed by atoms with Crippen LogP contribution < -0.4 is 10.1 Å². The number of H-pyrrole nitrogens is 1. The van der Waals surface area contributed by atoms with E-state index in [1.165, 1.54) is 4.31 Å². The number of nitrogens with zero attached hydrogens (tertiary/aromatic N) is 1. The molecular weight excluding hydrogens is 378 g/mol. The second-order valence-electron chi connectivity index (χ2n) is 6.95. The van der Waals surface area contributed by atoms with E-state index in [1.807, 2.05) is 31.2 Å². The summed E-state index contributed by atoms with van der Waals surface area (Å²) in [5.41, 5.74) is 2.19. The molecule has 0 bridgehead atoms. The van der Waals surface area contributed by atoms with Crippen molar-refractivity contribution < 1.29 is 17.9 Å². The number of aryl methyl sites for hydroxylation is 1. The van der Waals surface area contributed by atoms with Crippen LogP contribution in [0.25, 0.3) is 0 Å². The van der Waals surface area contributed by atoms with Crippen molar-refractivity contribution in [2.75, 3.05) is 19.7 Å². The molecule has 1 fully saturated rings. The number of ether oxygens (including phenoxy) is 1. The van der Waals surface area contributed by atoms with Crippen molar-refractivity contribution >= 4 is 15.9 Å². The number of nitrogens with one attached hydrogen (secondary N) is 2. The van der Waals surface area contributed by atoms with Crippen LogP contribution >= 0.6 is 0 Å². The van der Waals surface area contributed by atoms with Crippen molar-refractivity contribution in [1.29, 1.82) is 0 Å². The van der Waals surface area contributed by atoms with E-state index in [1.54, 1.807) is 13.8 Å². The molecule has 0 spiro atoms. The number of carbonyl (C=O) groups excluding carboxylic acids is 1. The van der Waals surface area contributed by atoms with Gasteiger partial charge in [0.25, 0.3) is 5.91 Å². The highest BCUT2D eigenvalue weighted by molar-refractivity contribution is 7.89. The van der Waals surface area contributed by atoms with Crippen molar-refractivity contribution in [3.05, 3.63) is 46.8 Å². The zero-order valence-electron chi connectivity index (χ0n) is 16.5. The van der Waals surface area contributed by atoms with Gasteiger partial charge in [-0.25, -0.2) is 8.42 Å². The zero-order valence-corrected chi connectivity index (χ0v) is 17.4. The Morgan fingerprint density at radius 3 is 2.43 bits per heavy atom. The quantitative estimate of drug-likeness (QED) is 0.741. The van der Waals surface area contributed by atoms with Gasteiger partial charge in [-0.15, -0.1) is 0 Å². The molecule has 7 nitrogen and oxygen atoms in total. The molecule has 3 rings (SSSR count). The van der Waals surface area contributed by atoms with Crippen molar-refractivity contribution in [3.63, 3.8) is 0 Å². The van der Waals surface area contributed by atoms with Crippen LogP contribution in [0.4, 0.5) is 0 Å². The summed E-state index contributed by atoms with van der Waals surface area (Å²) in [7, 11) is -3.58. The monoisotopic (exact) mass is 405 g/mol. The smallest absolute Gasteiger partial charge is 0.268 e. The van der Waals surface area contributed by atoms with E-state index < -0.39 is 10.0 Å². The molecule has 0 saturated carbocycles. The van der Waals surface area contributed by atoms with Gasteiger partial charge in [-0.05, 0) is 56.9 Å². The van der Waals surface area contributed by atoms with Crippen LogP contribution in [0.1, 0.15) is 47.1 Å². The molecule has 152 valence electrons. The first-order chi connectivity index (χ1) is 13.3. The number of aromatic amines is 1. The van der Waals surface area contributed by atoms with Gasteiger partial charge in [-0.3, -0.25) is 4.79 Å². The number of amides is 1. The van der Waals surface area contributed by atoms with E-state index in [-0.39, 0.29) is 10.8 Å². The third-order valence-corrected chi connectivity index (χ3v) is 7.12. The highest BCUT2D eigenvalue weighted by atomic mass is 32.2. The van der Waals surface area contributed by atoms with Crippen LogP contribution in [0, 0.1) is 13.8 Å². The maximum atomic E-state index is 12.9. The SMILES string of the molecule is CCOc1ccc(CNC(=O)c2[nH]c(C)c(S(=O)(=O)N3CCCC3)c2C)cc1. The van der Waals surface area contributed by atoms with Crippen LogP contribution in [0.5, 0.6) is 5.75 Å². The summed E-state index contributed by atoms with van der Waals surface area (Å²) < 4.78 is 32.8. The summed E-state index contributed by atoms with van der Waals surface area (Å²) in [6.45, 7) is 7.31. The van der Waals surface area contributed by atoms with Crippen molar-refractivity contribution in [3.8, 4) is 5.75 Å². The third-order valence-electron chi connectivity index (χ3n) is 4.95. The van der Waals surface area contributed by atoms with Crippen LogP contribution in [0.3, 0.4) is 0 Å². The van der Waals surface area contributed by atoms with Gasteiger partial charge in [0.2, 0.25) is 10.0 Å². The Kier molecular flexibility index (Phi) is 6.10. The molecule has 28 heavy (non-hydrogen) atoms. The van der Waals surface area contributed by atoms with Crippen molar-refractivity contribution in [2.24, 2.45) is 0 Å². The van der Waals surface area contributed by atoms with Gasteiger partial charge in [0, 0.05) is 25.3 Å². The number of hydrogen-bond acceptors (Lipinski definition) is 4. The van der Waals surface area contributed by atoms with Crippen LogP contribution in [0.15, 0.2) is 29.2 Å². The minimum Gasteiger partial charge on any atom is -0.494 e. The molecule has 1 aliphatic rings. The number of benzene rings is 1. The van der Waals surface area contributed by atoms with Gasteiger partial charge in [0.05, 0.1) is 6.61 Å². The molecule has 0 aliphatic carbocycles. The minimum absolute atomic E-state index is 0.223. The Balaban J connectivity index is 1.74. The fourth-order valence-electron chi connectivity index (χ4n) is 3.55. The summed E-state index contributed by atoms with van der Waals surface area (Å²) in [6, 6.07) is 7.49. The molecule has 0 atom stereocenters. The number of sulfonamides is 1. The molecule has 8 heteroatoms. The highest BCUT2D eigenvalue weighted by Crippen LogP contribution is 2.28. The highest BCUT2D eigenvalue weighted by Gasteiger charge is 2.33. The number of carbonyl (C=O) groups is 1. The van der Waals surface area contributed by atoms with E-state index in [4.69, 9.17) is 4.74 Å². The average molecular weight is 406 g/mol. The van der Waals surface area contributed by atoms with Crippen LogP contribution in [-0.2, 0) is 16.6 Å². The molecule has 0 unspecified atom stereocenters. The number of rotatable bonds is 7. The largest absolute Gasteiger partial charge is 0.494 e. The fraction of sp³-hybridized carbons (Fsp3) is 0.450. The second kappa shape index (κ2) is 8.36. The predicted molar refractivity (Wildman–Crippen MR) is 107 cm³/mol. The second-order valence-corrected chi connectivity index (χ2v) is 8.82. The molecule has 1 aromatic heterocycles. The average Bonchev–Trinajstić information content (AvgIpc) is 3.30. The van der Waals surface area contributed by atoms with E-state index in [0.717, 1.165) is 24.2 Å². The van der Waals surface area contributed by atoms with E-state index >= 15 is 0 Å². The van der Waals surface area contributed by atoms with Crippen LogP contribution in [-0.4, -0.2) is 43.3 Å². The Labute approximate surface area is 166 Å². The van der Waals surface area contributed by atoms with Gasteiger partial charge in [-0.2, -0.15) is 4.31 Å². The Bertz CT molecular complexity index is 943. The predicted octanol–water partition coefficient (Wildman–Crippen LogP) is 2.74. The number of hydrogen-bond donors (Lipinski definition) is 2. The maximum absolute atomic E-state index is 12.9. The lowest BCUT2D eigenvalue weighted by Crippen LogP contribution is -2.29. The molecule has 2 aromatic rings. The summed E-state index contributed by atoms with van der Waals surface area (Å²) in [5, 5.41) is 2.85. The standard InChI is InChI=1S/C20H27N3O4S/c1-4-27-17-9-7-16(8-10-17)13-21-20(24)18-14(2)19(15(3)22-18)28(25,26)23-11-5-6-12-23/h7-10,22H,4-6,11-13H2,1-3H3,(H,21,24). The molecule has 2 heterocycles. The maximum Gasteiger partial charge on any atom is 0.268 e. The van der Waals surface area contributed by atoms with E-state index in [2.05, 4.69) is 10.3 Å². The fourth-order valence-corrected chi connectivity index (χ4v) is 5.47. The first-order valence-electron chi connectivity index (χ1n) is 9.53. The minimum atomic E-state index is -3.58. The third kappa shape index (κ3) is 4.07. The lowest BCUT2D eigenvalue weighted by atomic mass is 10.2.